The van der Waals surface area contributed by atoms with Crippen LogP contribution in [0, 0.1) is 0 Å². The molecule has 34 valence electrons. The molecule has 0 fully saturated rings. The van der Waals surface area contributed by atoms with Crippen molar-refractivity contribution < 1.29 is 18.8 Å². The number of hydrogen-bond acceptors (Lipinski definition) is 0. The summed E-state index contributed by atoms with van der Waals surface area (Å²) in [6, 6.07) is 0. The molecule has 0 aliphatic heterocycles. The van der Waals surface area contributed by atoms with Crippen molar-refractivity contribution in [2.24, 2.45) is 0 Å². The Bertz CT molecular complexity index is 3.61. The van der Waals surface area contributed by atoms with E-state index >= 15 is 0 Å². The first-order valence-corrected chi connectivity index (χ1v) is 0. The van der Waals surface area contributed by atoms with Gasteiger partial charge < -0.3 is 0 Å². The van der Waals surface area contributed by atoms with Crippen LogP contribution in [0.15, 0.2) is 0 Å². The fraction of sp³-hybridized carbons (Fsp3) is 0. The Hall–Kier alpha value is 0.317. The molecule has 0 aromatic rings. The molecule has 0 aliphatic carbocycles. The maximum absolute atomic E-state index is 0. The molecule has 0 spiro atoms. The van der Waals surface area contributed by atoms with Crippen molar-refractivity contribution in [3.8, 4) is 0 Å². The van der Waals surface area contributed by atoms with Crippen LogP contribution in [0.5, 0.6) is 0 Å². The van der Waals surface area contributed by atoms with Crippen LogP contribution >= 0.6 is 0 Å². The third-order valence-corrected chi connectivity index (χ3v) is 0. The molecule has 0 amide bonds. The van der Waals surface area contributed by atoms with E-state index in [1.807, 2.05) is 0 Å². The van der Waals surface area contributed by atoms with Gasteiger partial charge in [0.2, 0.25) is 0 Å². The molecule has 0 aromatic heterocycles. The van der Waals surface area contributed by atoms with Crippen LogP contribution in [0.1, 0.15) is 0 Å². The molecule has 0 unspecified atom stereocenters. The fourth-order valence-corrected chi connectivity index (χ4v) is 0. The summed E-state index contributed by atoms with van der Waals surface area (Å²) < 4.78 is 0. The predicted molar refractivity (Wildman–Crippen MR) is 17.2 cm³/mol. The Kier molecular flexibility index (Phi) is 92800. The normalized spacial score (nSPS) is 0. The quantitative estimate of drug-likeness (QED) is 0.288. The zero-order valence-corrected chi connectivity index (χ0v) is 1.63. The maximum atomic E-state index is 0. The van der Waals surface area contributed by atoms with Crippen LogP contribution in [-0.4, -0.2) is 18.9 Å². The summed E-state index contributed by atoms with van der Waals surface area (Å²) in [7, 11) is 0. The molecule has 0 aromatic carbocycles. The van der Waals surface area contributed by atoms with E-state index in [2.05, 4.69) is 0 Å². The third kappa shape index (κ3) is 230. The Labute approximate surface area is 38.6 Å². The van der Waals surface area contributed by atoms with Gasteiger partial charge in [0.15, 0.2) is 0 Å². The molecule has 0 heterocycles. The molecule has 0 saturated carbocycles. The van der Waals surface area contributed by atoms with Crippen molar-refractivity contribution in [3.05, 3.63) is 0 Å². The molecule has 5 heteroatoms. The van der Waals surface area contributed by atoms with E-state index in [4.69, 9.17) is 0 Å². The molecule has 5 heavy (non-hydrogen) atoms. The summed E-state index contributed by atoms with van der Waals surface area (Å²) in [6.07, 6.45) is 0. The van der Waals surface area contributed by atoms with Gasteiger partial charge in [-0.25, -0.2) is 0 Å². The predicted octanol–water partition coefficient (Wildman–Crippen LogP) is -0.0385. The molecule has 0 aliphatic rings. The second-order valence-electron chi connectivity index (χ2n) is 0. The van der Waals surface area contributed by atoms with Crippen LogP contribution in [0.4, 0.5) is 18.8 Å². The van der Waals surface area contributed by atoms with Crippen LogP contribution in [-0.2, 0) is 0 Å². The molecule has 0 N–H and O–H groups in total. The van der Waals surface area contributed by atoms with Crippen LogP contribution in [0.25, 0.3) is 0 Å². The molecule has 0 bridgehead atoms. The number of halogens is 4. The van der Waals surface area contributed by atoms with Crippen molar-refractivity contribution in [2.75, 3.05) is 0 Å². The van der Waals surface area contributed by atoms with Crippen LogP contribution in [0.2, 0.25) is 0 Å². The van der Waals surface area contributed by atoms with Gasteiger partial charge in [0.1, 0.15) is 0 Å². The molecule has 0 rings (SSSR count). The van der Waals surface area contributed by atoms with Crippen molar-refractivity contribution in [2.45, 2.75) is 0 Å². The third-order valence-electron chi connectivity index (χ3n) is 0. The first-order valence-electron chi connectivity index (χ1n) is 0. The Morgan fingerprint density at radius 2 is 0.400 bits per heavy atom. The van der Waals surface area contributed by atoms with Gasteiger partial charge in [-0.3, -0.25) is 18.8 Å². The minimum atomic E-state index is 0. The summed E-state index contributed by atoms with van der Waals surface area (Å²) in [6.45, 7) is 0. The zero-order valence-electron chi connectivity index (χ0n) is 1.63. The van der Waals surface area contributed by atoms with Gasteiger partial charge in [0.25, 0.3) is 0 Å². The van der Waals surface area contributed by atoms with Crippen molar-refractivity contribution >= 4 is 18.9 Å². The fourth-order valence-electron chi connectivity index (χ4n) is 0. The summed E-state index contributed by atoms with van der Waals surface area (Å²) in [4.78, 5) is 0. The van der Waals surface area contributed by atoms with Gasteiger partial charge in [-0.15, -0.1) is 0 Å². The van der Waals surface area contributed by atoms with E-state index < -0.39 is 0 Å². The zero-order chi connectivity index (χ0) is 0. The monoisotopic (exact) mass is 88.0 g/mol. The van der Waals surface area contributed by atoms with Crippen molar-refractivity contribution in [1.82, 2.24) is 0 Å². The molecule has 0 radical (unpaired) electrons. The molecular weight excluding hydrogens is 82.9 g/mol. The van der Waals surface area contributed by atoms with Gasteiger partial charge in [-0.05, 0) is 0 Å². The van der Waals surface area contributed by atoms with E-state index in [-0.39, 0.29) is 37.7 Å². The Balaban J connectivity index is 0. The summed E-state index contributed by atoms with van der Waals surface area (Å²) in [5, 5.41) is 0. The second-order valence-corrected chi connectivity index (χ2v) is 0. The van der Waals surface area contributed by atoms with E-state index in [9.17, 15) is 0 Å². The van der Waals surface area contributed by atoms with Gasteiger partial charge in [0, 0.05) is 0 Å². The number of hydrogen-bond donors (Lipinski definition) is 0. The van der Waals surface area contributed by atoms with Crippen LogP contribution < -0.4 is 0 Å². The van der Waals surface area contributed by atoms with Gasteiger partial charge in [0.05, 0.1) is 0 Å². The summed E-state index contributed by atoms with van der Waals surface area (Å²) >= 11 is 0. The topological polar surface area (TPSA) is 0 Å². The average molecular weight is 88.0 g/mol. The molecule has 0 atom stereocenters. The Morgan fingerprint density at radius 3 is 0.400 bits per heavy atom. The number of rotatable bonds is 0. The van der Waals surface area contributed by atoms with Crippen molar-refractivity contribution in [3.63, 3.8) is 0 Å². The molecular formula is H5F4Li. The average Bonchev–Trinajstić information content (AvgIpc) is 0. The molecule has 0 saturated heterocycles. The first-order chi connectivity index (χ1) is 0. The second kappa shape index (κ2) is 472. The van der Waals surface area contributed by atoms with E-state index in [0.29, 0.717) is 0 Å². The SMILES string of the molecule is F.F.F.F.[LiH]. The van der Waals surface area contributed by atoms with Crippen LogP contribution in [0.3, 0.4) is 0 Å². The van der Waals surface area contributed by atoms with Crippen molar-refractivity contribution in [1.29, 1.82) is 0 Å². The van der Waals surface area contributed by atoms with E-state index in [1.165, 1.54) is 0 Å². The van der Waals surface area contributed by atoms with Gasteiger partial charge in [-0.2, -0.15) is 0 Å². The standard InChI is InChI=1S/4FH.Li.H/h4*1H;;. The summed E-state index contributed by atoms with van der Waals surface area (Å²) in [5.41, 5.74) is 0. The van der Waals surface area contributed by atoms with Gasteiger partial charge >= 0.3 is 18.9 Å². The van der Waals surface area contributed by atoms with E-state index in [1.54, 1.807) is 0 Å². The van der Waals surface area contributed by atoms with E-state index in [0.717, 1.165) is 0 Å². The first kappa shape index (κ1) is 984. The summed E-state index contributed by atoms with van der Waals surface area (Å²) in [5.74, 6) is 0. The Morgan fingerprint density at radius 1 is 0.400 bits per heavy atom. The van der Waals surface area contributed by atoms with Gasteiger partial charge in [-0.1, -0.05) is 0 Å². The molecule has 0 nitrogen and oxygen atoms in total. The minimum absolute atomic E-state index is 0.